The van der Waals surface area contributed by atoms with E-state index >= 15 is 0 Å². The number of ether oxygens (including phenoxy) is 2. The topological polar surface area (TPSA) is 94.4 Å². The molecule has 2 spiro atoms. The van der Waals surface area contributed by atoms with E-state index in [1.54, 1.807) is 6.33 Å². The third-order valence-corrected chi connectivity index (χ3v) is 10.3. The Morgan fingerprint density at radius 1 is 1.07 bits per heavy atom. The van der Waals surface area contributed by atoms with Gasteiger partial charge in [-0.15, -0.1) is 0 Å². The van der Waals surface area contributed by atoms with Crippen molar-refractivity contribution in [3.63, 3.8) is 0 Å². The third-order valence-electron chi connectivity index (χ3n) is 10.3. The SMILES string of the molecule is CCCc1c(Cc2ccc(-c3ccccc3C#N)cc2)c(=O)n(C2CCC3(CC2)OCC2(CCC2)C(C)O3)c2ncnn12. The summed E-state index contributed by atoms with van der Waals surface area (Å²) in [6.45, 7) is 5.12. The first-order chi connectivity index (χ1) is 21.0. The summed E-state index contributed by atoms with van der Waals surface area (Å²) in [5.74, 6) is 0.0789. The smallest absolute Gasteiger partial charge is 0.259 e. The molecule has 0 N–H and O–H groups in total. The molecular formula is C35H39N5O3. The van der Waals surface area contributed by atoms with Gasteiger partial charge in [-0.2, -0.15) is 15.3 Å². The van der Waals surface area contributed by atoms with Crippen LogP contribution in [0.15, 0.2) is 59.7 Å². The van der Waals surface area contributed by atoms with Gasteiger partial charge < -0.3 is 9.47 Å². The van der Waals surface area contributed by atoms with E-state index in [0.717, 1.165) is 73.1 Å². The lowest BCUT2D eigenvalue weighted by molar-refractivity contribution is -0.353. The van der Waals surface area contributed by atoms with Gasteiger partial charge >= 0.3 is 0 Å². The first kappa shape index (κ1) is 28.0. The second-order valence-electron chi connectivity index (χ2n) is 12.8. The van der Waals surface area contributed by atoms with Gasteiger partial charge in [-0.3, -0.25) is 9.36 Å². The van der Waals surface area contributed by atoms with Crippen LogP contribution in [-0.2, 0) is 22.3 Å². The summed E-state index contributed by atoms with van der Waals surface area (Å²) in [7, 11) is 0. The van der Waals surface area contributed by atoms with Crippen LogP contribution >= 0.6 is 0 Å². The zero-order valence-electron chi connectivity index (χ0n) is 25.1. The molecule has 0 amide bonds. The fourth-order valence-corrected chi connectivity index (χ4v) is 7.53. The Kier molecular flexibility index (Phi) is 7.19. The molecule has 222 valence electrons. The molecule has 8 heteroatoms. The van der Waals surface area contributed by atoms with Crippen LogP contribution in [0.25, 0.3) is 16.9 Å². The van der Waals surface area contributed by atoms with Gasteiger partial charge in [0.2, 0.25) is 5.78 Å². The van der Waals surface area contributed by atoms with Gasteiger partial charge in [0.05, 0.1) is 30.0 Å². The Morgan fingerprint density at radius 2 is 1.84 bits per heavy atom. The maximum Gasteiger partial charge on any atom is 0.259 e. The first-order valence-electron chi connectivity index (χ1n) is 15.8. The van der Waals surface area contributed by atoms with Crippen LogP contribution in [0.2, 0.25) is 0 Å². The summed E-state index contributed by atoms with van der Waals surface area (Å²) in [4.78, 5) is 19.0. The molecule has 1 atom stereocenters. The lowest BCUT2D eigenvalue weighted by Gasteiger charge is -2.56. The highest BCUT2D eigenvalue weighted by atomic mass is 16.7. The summed E-state index contributed by atoms with van der Waals surface area (Å²) in [5, 5.41) is 14.1. The van der Waals surface area contributed by atoms with Crippen molar-refractivity contribution in [2.24, 2.45) is 5.41 Å². The minimum Gasteiger partial charge on any atom is -0.349 e. The van der Waals surface area contributed by atoms with E-state index < -0.39 is 5.79 Å². The Hall–Kier alpha value is -3.80. The van der Waals surface area contributed by atoms with E-state index in [1.165, 1.54) is 19.3 Å². The number of hydrogen-bond donors (Lipinski definition) is 0. The van der Waals surface area contributed by atoms with E-state index in [4.69, 9.17) is 9.47 Å². The number of benzene rings is 2. The fraction of sp³-hybridized carbons (Fsp3) is 0.486. The van der Waals surface area contributed by atoms with E-state index in [9.17, 15) is 10.1 Å². The monoisotopic (exact) mass is 577 g/mol. The third kappa shape index (κ3) is 4.79. The molecule has 1 unspecified atom stereocenters. The second-order valence-corrected chi connectivity index (χ2v) is 12.8. The second kappa shape index (κ2) is 11.0. The van der Waals surface area contributed by atoms with E-state index in [2.05, 4.69) is 42.1 Å². The number of nitriles is 1. The molecule has 1 saturated heterocycles. The average Bonchev–Trinajstić information content (AvgIpc) is 3.49. The number of nitrogens with zero attached hydrogens (tertiary/aromatic N) is 5. The lowest BCUT2D eigenvalue weighted by Crippen LogP contribution is -2.58. The van der Waals surface area contributed by atoms with Crippen molar-refractivity contribution in [1.82, 2.24) is 19.2 Å². The predicted molar refractivity (Wildman–Crippen MR) is 164 cm³/mol. The van der Waals surface area contributed by atoms with Crippen molar-refractivity contribution in [2.45, 2.75) is 96.0 Å². The van der Waals surface area contributed by atoms with E-state index in [0.29, 0.717) is 17.8 Å². The number of rotatable bonds is 6. The highest BCUT2D eigenvalue weighted by Gasteiger charge is 2.53. The summed E-state index contributed by atoms with van der Waals surface area (Å²) in [6.07, 6.45) is 10.7. The van der Waals surface area contributed by atoms with Crippen molar-refractivity contribution in [3.05, 3.63) is 87.6 Å². The molecule has 2 saturated carbocycles. The molecule has 3 fully saturated rings. The first-order valence-corrected chi connectivity index (χ1v) is 15.8. The Balaban J connectivity index is 1.18. The molecule has 43 heavy (non-hydrogen) atoms. The van der Waals surface area contributed by atoms with Crippen molar-refractivity contribution in [1.29, 1.82) is 5.26 Å². The standard InChI is InChI=1S/C35H39N5O3/c1-3-7-31-30(20-25-10-12-26(13-11-25)29-9-5-4-8-27(29)21-36)32(41)39(33-37-23-38-40(31)33)28-14-18-35(19-15-28)42-22-34(16-6-17-34)24(2)43-35/h4-5,8-13,23-24,28H,3,6-7,14-20,22H2,1-2H3. The van der Waals surface area contributed by atoms with Crippen LogP contribution in [0.4, 0.5) is 0 Å². The highest BCUT2D eigenvalue weighted by molar-refractivity contribution is 5.70. The molecule has 0 bridgehead atoms. The van der Waals surface area contributed by atoms with Gasteiger partial charge in [-0.1, -0.05) is 62.2 Å². The van der Waals surface area contributed by atoms with E-state index in [1.807, 2.05) is 45.5 Å². The van der Waals surface area contributed by atoms with Gasteiger partial charge in [0.15, 0.2) is 5.79 Å². The molecule has 2 aromatic carbocycles. The predicted octanol–water partition coefficient (Wildman–Crippen LogP) is 6.39. The summed E-state index contributed by atoms with van der Waals surface area (Å²) in [6, 6.07) is 18.1. The van der Waals surface area contributed by atoms with Crippen LogP contribution in [0.1, 0.15) is 93.6 Å². The van der Waals surface area contributed by atoms with E-state index in [-0.39, 0.29) is 23.1 Å². The zero-order valence-corrected chi connectivity index (χ0v) is 25.1. The summed E-state index contributed by atoms with van der Waals surface area (Å²) < 4.78 is 16.9. The molecule has 0 radical (unpaired) electrons. The molecule has 8 nitrogen and oxygen atoms in total. The van der Waals surface area contributed by atoms with Crippen molar-refractivity contribution in [3.8, 4) is 17.2 Å². The maximum atomic E-state index is 14.4. The number of fused-ring (bicyclic) bond motifs is 1. The Bertz CT molecular complexity index is 1740. The lowest BCUT2D eigenvalue weighted by atomic mass is 9.65. The molecule has 7 rings (SSSR count). The van der Waals surface area contributed by atoms with Crippen LogP contribution in [-0.4, -0.2) is 37.7 Å². The highest BCUT2D eigenvalue weighted by Crippen LogP contribution is 2.52. The van der Waals surface area contributed by atoms with Crippen molar-refractivity contribution < 1.29 is 9.47 Å². The summed E-state index contributed by atoms with van der Waals surface area (Å²) >= 11 is 0. The Labute approximate surface area is 252 Å². The van der Waals surface area contributed by atoms with Crippen molar-refractivity contribution >= 4 is 5.78 Å². The number of aryl methyl sites for hydroxylation is 1. The molecule has 2 aliphatic carbocycles. The number of aromatic nitrogens is 4. The zero-order chi connectivity index (χ0) is 29.6. The quantitative estimate of drug-likeness (QED) is 0.264. The molecule has 4 aromatic rings. The molecule has 1 aliphatic heterocycles. The van der Waals surface area contributed by atoms with Gasteiger partial charge in [-0.25, -0.2) is 4.52 Å². The van der Waals surface area contributed by atoms with Crippen LogP contribution in [0.3, 0.4) is 0 Å². The molecule has 3 aliphatic rings. The number of hydrogen-bond acceptors (Lipinski definition) is 6. The van der Waals surface area contributed by atoms with Gasteiger partial charge in [-0.05, 0) is 61.8 Å². The van der Waals surface area contributed by atoms with Crippen molar-refractivity contribution in [2.75, 3.05) is 6.61 Å². The van der Waals surface area contributed by atoms with Crippen LogP contribution < -0.4 is 5.56 Å². The molecule has 3 heterocycles. The van der Waals surface area contributed by atoms with Gasteiger partial charge in [0, 0.05) is 36.3 Å². The largest absolute Gasteiger partial charge is 0.349 e. The normalized spacial score (nSPS) is 24.7. The maximum absolute atomic E-state index is 14.4. The minimum atomic E-state index is -0.540. The van der Waals surface area contributed by atoms with Crippen LogP contribution in [0, 0.1) is 16.7 Å². The minimum absolute atomic E-state index is 0.00575. The molecule has 2 aromatic heterocycles. The van der Waals surface area contributed by atoms with Crippen LogP contribution in [0.5, 0.6) is 0 Å². The van der Waals surface area contributed by atoms with Gasteiger partial charge in [0.25, 0.3) is 5.56 Å². The summed E-state index contributed by atoms with van der Waals surface area (Å²) in [5.41, 5.74) is 5.52. The Morgan fingerprint density at radius 3 is 2.51 bits per heavy atom. The van der Waals surface area contributed by atoms with Gasteiger partial charge in [0.1, 0.15) is 6.33 Å². The molecular weight excluding hydrogens is 538 g/mol. The fourth-order valence-electron chi connectivity index (χ4n) is 7.53. The average molecular weight is 578 g/mol.